The summed E-state index contributed by atoms with van der Waals surface area (Å²) in [4.78, 5) is 50.5. The van der Waals surface area contributed by atoms with Crippen molar-refractivity contribution < 1.29 is 14.1 Å². The minimum absolute atomic E-state index is 0.0175. The van der Waals surface area contributed by atoms with E-state index in [1.165, 1.54) is 23.1 Å². The maximum absolute atomic E-state index is 12.9. The molecule has 1 atom stereocenters. The van der Waals surface area contributed by atoms with Gasteiger partial charge in [-0.1, -0.05) is 5.16 Å². The number of H-pyrrole nitrogens is 1. The average Bonchev–Trinajstić information content (AvgIpc) is 3.34. The molecule has 1 aliphatic rings. The zero-order chi connectivity index (χ0) is 23.0. The first-order valence-corrected chi connectivity index (χ1v) is 12.2. The molecule has 4 rings (SSSR count). The first kappa shape index (κ1) is 22.5. The van der Waals surface area contributed by atoms with Crippen molar-refractivity contribution in [2.75, 3.05) is 26.2 Å². The molecule has 2 amide bonds. The number of hydrogen-bond donors (Lipinski definition) is 1. The fraction of sp³-hybridized carbons (Fsp3) is 0.476. The lowest BCUT2D eigenvalue weighted by Gasteiger charge is -2.35. The van der Waals surface area contributed by atoms with E-state index in [9.17, 15) is 14.4 Å². The Morgan fingerprint density at radius 2 is 1.91 bits per heavy atom. The number of aromatic amines is 1. The van der Waals surface area contributed by atoms with Crippen molar-refractivity contribution in [2.45, 2.75) is 38.7 Å². The van der Waals surface area contributed by atoms with Crippen LogP contribution in [0.1, 0.15) is 39.4 Å². The second-order valence-corrected chi connectivity index (χ2v) is 10.4. The third-order valence-electron chi connectivity index (χ3n) is 5.62. The summed E-state index contributed by atoms with van der Waals surface area (Å²) in [6, 6.07) is 1.62. The number of rotatable bonds is 5. The maximum atomic E-state index is 12.9. The molecule has 1 fully saturated rings. The first-order valence-electron chi connectivity index (χ1n) is 10.4. The highest BCUT2D eigenvalue weighted by molar-refractivity contribution is 7.99. The number of carbonyl (C=O) groups excluding carboxylic acids is 2. The third kappa shape index (κ3) is 4.44. The van der Waals surface area contributed by atoms with Crippen LogP contribution in [0.3, 0.4) is 0 Å². The molecule has 0 unspecified atom stereocenters. The fourth-order valence-corrected chi connectivity index (χ4v) is 5.54. The molecule has 0 saturated carbocycles. The summed E-state index contributed by atoms with van der Waals surface area (Å²) in [6.45, 7) is 9.37. The summed E-state index contributed by atoms with van der Waals surface area (Å²) in [6.07, 6.45) is 0. The Hall–Kier alpha value is -2.66. The molecule has 0 spiro atoms. The van der Waals surface area contributed by atoms with Crippen LogP contribution in [0.4, 0.5) is 0 Å². The number of thioether (sulfide) groups is 1. The number of aromatic nitrogens is 3. The van der Waals surface area contributed by atoms with Crippen molar-refractivity contribution in [1.82, 2.24) is 24.9 Å². The molecule has 4 heterocycles. The van der Waals surface area contributed by atoms with Crippen LogP contribution in [0.25, 0.3) is 10.2 Å². The summed E-state index contributed by atoms with van der Waals surface area (Å²) >= 11 is 2.96. The largest absolute Gasteiger partial charge is 0.351 e. The molecular formula is C21H25N5O4S2. The Bertz CT molecular complexity index is 1220. The van der Waals surface area contributed by atoms with E-state index in [4.69, 9.17) is 4.52 Å². The highest BCUT2D eigenvalue weighted by Gasteiger charge is 2.29. The van der Waals surface area contributed by atoms with E-state index >= 15 is 0 Å². The lowest BCUT2D eigenvalue weighted by Crippen LogP contribution is -2.52. The predicted molar refractivity (Wildman–Crippen MR) is 124 cm³/mol. The molecule has 1 saturated heterocycles. The molecule has 1 N–H and O–H groups in total. The van der Waals surface area contributed by atoms with Gasteiger partial charge >= 0.3 is 0 Å². The van der Waals surface area contributed by atoms with Crippen molar-refractivity contribution >= 4 is 45.1 Å². The third-order valence-corrected chi connectivity index (χ3v) is 7.87. The smallest absolute Gasteiger partial charge is 0.292 e. The van der Waals surface area contributed by atoms with Gasteiger partial charge in [-0.15, -0.1) is 23.1 Å². The number of fused-ring (bicyclic) bond motifs is 1. The normalized spacial score (nSPS) is 15.4. The van der Waals surface area contributed by atoms with Gasteiger partial charge in [0.2, 0.25) is 11.7 Å². The minimum atomic E-state index is -0.290. The van der Waals surface area contributed by atoms with E-state index in [1.54, 1.807) is 22.8 Å². The van der Waals surface area contributed by atoms with E-state index in [2.05, 4.69) is 15.1 Å². The predicted octanol–water partition coefficient (Wildman–Crippen LogP) is 2.50. The van der Waals surface area contributed by atoms with E-state index in [-0.39, 0.29) is 28.4 Å². The van der Waals surface area contributed by atoms with Gasteiger partial charge < -0.3 is 19.3 Å². The van der Waals surface area contributed by atoms with Gasteiger partial charge in [-0.25, -0.2) is 4.98 Å². The molecule has 3 aromatic heterocycles. The number of carbonyl (C=O) groups is 2. The highest BCUT2D eigenvalue weighted by atomic mass is 32.2. The molecule has 9 nitrogen and oxygen atoms in total. The van der Waals surface area contributed by atoms with E-state index in [0.717, 1.165) is 15.3 Å². The van der Waals surface area contributed by atoms with Crippen molar-refractivity contribution in [3.63, 3.8) is 0 Å². The van der Waals surface area contributed by atoms with Crippen molar-refractivity contribution in [2.24, 2.45) is 0 Å². The van der Waals surface area contributed by atoms with Gasteiger partial charge in [-0.3, -0.25) is 14.4 Å². The van der Waals surface area contributed by atoms with Crippen LogP contribution < -0.4 is 5.56 Å². The molecule has 0 bridgehead atoms. The van der Waals surface area contributed by atoms with Crippen LogP contribution in [0.15, 0.2) is 15.4 Å². The molecular weight excluding hydrogens is 450 g/mol. The van der Waals surface area contributed by atoms with Gasteiger partial charge in [0, 0.05) is 37.1 Å². The number of thiophene rings is 1. The number of nitrogens with one attached hydrogen (secondary N) is 1. The van der Waals surface area contributed by atoms with Gasteiger partial charge in [-0.05, 0) is 33.3 Å². The fourth-order valence-electron chi connectivity index (χ4n) is 3.65. The number of hydrogen-bond acceptors (Lipinski definition) is 8. The summed E-state index contributed by atoms with van der Waals surface area (Å²) in [5.74, 6) is 1.05. The lowest BCUT2D eigenvalue weighted by atomic mass is 10.2. The number of amides is 2. The quantitative estimate of drug-likeness (QED) is 0.603. The molecule has 0 aromatic carbocycles. The second kappa shape index (κ2) is 9.07. The molecule has 3 aromatic rings. The van der Waals surface area contributed by atoms with E-state index < -0.39 is 0 Å². The summed E-state index contributed by atoms with van der Waals surface area (Å²) in [7, 11) is 0. The minimum Gasteiger partial charge on any atom is -0.351 e. The maximum Gasteiger partial charge on any atom is 0.292 e. The van der Waals surface area contributed by atoms with Gasteiger partial charge in [0.05, 0.1) is 22.1 Å². The number of nitrogens with zero attached hydrogens (tertiary/aromatic N) is 4. The van der Waals surface area contributed by atoms with Gasteiger partial charge in [0.25, 0.3) is 11.5 Å². The molecule has 170 valence electrons. The van der Waals surface area contributed by atoms with Crippen LogP contribution >= 0.6 is 23.1 Å². The van der Waals surface area contributed by atoms with Crippen LogP contribution in [-0.4, -0.2) is 68.2 Å². The van der Waals surface area contributed by atoms with Crippen molar-refractivity contribution in [1.29, 1.82) is 0 Å². The first-order chi connectivity index (χ1) is 15.2. The number of aryl methyl sites for hydroxylation is 3. The van der Waals surface area contributed by atoms with E-state index in [1.807, 2.05) is 20.8 Å². The zero-order valence-electron chi connectivity index (χ0n) is 18.4. The van der Waals surface area contributed by atoms with Crippen LogP contribution in [0.5, 0.6) is 0 Å². The summed E-state index contributed by atoms with van der Waals surface area (Å²) < 4.78 is 5.05. The molecule has 0 radical (unpaired) electrons. The summed E-state index contributed by atoms with van der Waals surface area (Å²) in [5.41, 5.74) is 1.50. The Balaban J connectivity index is 1.32. The van der Waals surface area contributed by atoms with Crippen molar-refractivity contribution in [3.05, 3.63) is 44.1 Å². The van der Waals surface area contributed by atoms with E-state index in [0.29, 0.717) is 48.8 Å². The topological polar surface area (TPSA) is 112 Å². The van der Waals surface area contributed by atoms with Crippen LogP contribution in [-0.2, 0) is 10.5 Å². The molecule has 1 aliphatic heterocycles. The number of piperazine rings is 1. The second-order valence-electron chi connectivity index (χ2n) is 7.88. The average molecular weight is 476 g/mol. The Morgan fingerprint density at radius 1 is 1.22 bits per heavy atom. The summed E-state index contributed by atoms with van der Waals surface area (Å²) in [5, 5.41) is 4.12. The van der Waals surface area contributed by atoms with Gasteiger partial charge in [0.15, 0.2) is 0 Å². The molecule has 11 heteroatoms. The van der Waals surface area contributed by atoms with Gasteiger partial charge in [-0.2, -0.15) is 0 Å². The highest BCUT2D eigenvalue weighted by Crippen LogP contribution is 2.27. The SMILES string of the molecule is Cc1cc(C(=O)N2CCN(C(=O)[C@@H](C)SCc3nc4sc(C)c(C)c4c(=O)[nH]3)CC2)on1. The monoisotopic (exact) mass is 475 g/mol. The van der Waals surface area contributed by atoms with Crippen LogP contribution in [0.2, 0.25) is 0 Å². The Kier molecular flexibility index (Phi) is 6.38. The Labute approximate surface area is 193 Å². The standard InChI is InChI=1S/C21H25N5O4S2/c1-11-9-15(30-24-11)21(29)26-7-5-25(6-8-26)20(28)14(4)31-10-16-22-18(27)17-12(2)13(3)32-19(17)23-16/h9,14H,5-8,10H2,1-4H3,(H,22,23,27)/t14-/m1/s1. The lowest BCUT2D eigenvalue weighted by molar-refractivity contribution is -0.131. The Morgan fingerprint density at radius 3 is 2.56 bits per heavy atom. The van der Waals surface area contributed by atoms with Crippen LogP contribution in [0, 0.1) is 20.8 Å². The molecule has 0 aliphatic carbocycles. The van der Waals surface area contributed by atoms with Gasteiger partial charge in [0.1, 0.15) is 10.7 Å². The zero-order valence-corrected chi connectivity index (χ0v) is 20.1. The van der Waals surface area contributed by atoms with Crippen molar-refractivity contribution in [3.8, 4) is 0 Å². The molecule has 32 heavy (non-hydrogen) atoms.